The lowest BCUT2D eigenvalue weighted by molar-refractivity contribution is 0.384. The number of aryl methyl sites for hydroxylation is 3. The van der Waals surface area contributed by atoms with Crippen LogP contribution < -0.4 is 4.90 Å². The summed E-state index contributed by atoms with van der Waals surface area (Å²) >= 11 is 0. The highest BCUT2D eigenvalue weighted by Crippen LogP contribution is 2.27. The van der Waals surface area contributed by atoms with Crippen LogP contribution in [0.4, 0.5) is 5.82 Å². The number of rotatable bonds is 4. The molecule has 1 aliphatic rings. The average molecular weight is 352 g/mol. The topological polar surface area (TPSA) is 84.2 Å². The number of sulfonamides is 1. The minimum Gasteiger partial charge on any atom is -0.352 e. The lowest BCUT2D eigenvalue weighted by Gasteiger charge is -2.34. The van der Waals surface area contributed by atoms with Crippen LogP contribution in [0, 0.1) is 13.8 Å². The number of piperazine rings is 1. The van der Waals surface area contributed by atoms with Gasteiger partial charge in [0.1, 0.15) is 16.9 Å². The van der Waals surface area contributed by atoms with E-state index in [1.807, 2.05) is 25.5 Å². The van der Waals surface area contributed by atoms with Crippen molar-refractivity contribution in [3.63, 3.8) is 0 Å². The van der Waals surface area contributed by atoms with Crippen LogP contribution in [-0.2, 0) is 16.6 Å². The fourth-order valence-electron chi connectivity index (χ4n) is 3.13. The van der Waals surface area contributed by atoms with Gasteiger partial charge in [-0.05, 0) is 27.7 Å². The van der Waals surface area contributed by atoms with E-state index in [0.717, 1.165) is 29.1 Å². The third-order valence-electron chi connectivity index (χ3n) is 4.44. The predicted octanol–water partition coefficient (Wildman–Crippen LogP) is 0.935. The van der Waals surface area contributed by atoms with Crippen molar-refractivity contribution in [2.75, 3.05) is 36.8 Å². The quantitative estimate of drug-likeness (QED) is 0.814. The van der Waals surface area contributed by atoms with Crippen molar-refractivity contribution in [2.24, 2.45) is 0 Å². The Bertz CT molecular complexity index is 852. The molecule has 2 aromatic rings. The highest BCUT2D eigenvalue weighted by molar-refractivity contribution is 7.89. The Balaban J connectivity index is 1.96. The number of anilines is 1. The van der Waals surface area contributed by atoms with E-state index < -0.39 is 10.0 Å². The summed E-state index contributed by atoms with van der Waals surface area (Å²) in [4.78, 5) is 11.3. The van der Waals surface area contributed by atoms with Crippen LogP contribution in [0.15, 0.2) is 0 Å². The number of hydrogen-bond donors (Lipinski definition) is 0. The van der Waals surface area contributed by atoms with Crippen molar-refractivity contribution >= 4 is 26.9 Å². The lowest BCUT2D eigenvalue weighted by atomic mass is 10.3. The van der Waals surface area contributed by atoms with E-state index in [4.69, 9.17) is 0 Å². The molecule has 1 fully saturated rings. The van der Waals surface area contributed by atoms with Gasteiger partial charge in [0.15, 0.2) is 5.82 Å². The molecular formula is C15H24N6O2S. The van der Waals surface area contributed by atoms with Gasteiger partial charge in [0.05, 0.1) is 11.4 Å². The molecule has 1 saturated heterocycles. The Hall–Kier alpha value is -1.74. The second-order valence-corrected chi connectivity index (χ2v) is 8.24. The SMILES string of the molecule is CCn1nc(C)c2nc(C)nc(N3CCN(S(=O)(=O)CC)CC3)c21. The van der Waals surface area contributed by atoms with Crippen LogP contribution in [0.5, 0.6) is 0 Å². The summed E-state index contributed by atoms with van der Waals surface area (Å²) in [5.74, 6) is 1.71. The first-order valence-corrected chi connectivity index (χ1v) is 9.92. The normalized spacial score (nSPS) is 16.9. The van der Waals surface area contributed by atoms with Gasteiger partial charge in [0.25, 0.3) is 0 Å². The third-order valence-corrected chi connectivity index (χ3v) is 6.33. The predicted molar refractivity (Wildman–Crippen MR) is 93.7 cm³/mol. The van der Waals surface area contributed by atoms with Gasteiger partial charge in [-0.3, -0.25) is 4.68 Å². The van der Waals surface area contributed by atoms with Crippen LogP contribution >= 0.6 is 0 Å². The molecule has 0 unspecified atom stereocenters. The summed E-state index contributed by atoms with van der Waals surface area (Å²) in [6.07, 6.45) is 0. The van der Waals surface area contributed by atoms with Crippen molar-refractivity contribution in [3.8, 4) is 0 Å². The zero-order chi connectivity index (χ0) is 17.5. The van der Waals surface area contributed by atoms with Gasteiger partial charge in [-0.25, -0.2) is 18.4 Å². The van der Waals surface area contributed by atoms with Crippen molar-refractivity contribution in [3.05, 3.63) is 11.5 Å². The van der Waals surface area contributed by atoms with E-state index in [0.29, 0.717) is 32.0 Å². The molecule has 24 heavy (non-hydrogen) atoms. The summed E-state index contributed by atoms with van der Waals surface area (Å²) in [6.45, 7) is 10.5. The van der Waals surface area contributed by atoms with Crippen molar-refractivity contribution in [1.82, 2.24) is 24.1 Å². The standard InChI is InChI=1S/C15H24N6O2S/c1-5-21-14-13(11(3)18-21)16-12(4)17-15(14)19-7-9-20(10-8-19)24(22,23)6-2/h5-10H2,1-4H3. The van der Waals surface area contributed by atoms with Crippen LogP contribution in [0.2, 0.25) is 0 Å². The molecule has 1 aliphatic heterocycles. The fraction of sp³-hybridized carbons (Fsp3) is 0.667. The summed E-state index contributed by atoms with van der Waals surface area (Å²) in [7, 11) is -3.13. The van der Waals surface area contributed by atoms with E-state index in [1.54, 1.807) is 11.2 Å². The first-order chi connectivity index (χ1) is 11.4. The van der Waals surface area contributed by atoms with Crippen molar-refractivity contribution in [2.45, 2.75) is 34.2 Å². The Kier molecular flexibility index (Phi) is 4.48. The number of hydrogen-bond acceptors (Lipinski definition) is 6. The van der Waals surface area contributed by atoms with Crippen LogP contribution in [-0.4, -0.2) is 64.4 Å². The van der Waals surface area contributed by atoms with Gasteiger partial charge in [-0.15, -0.1) is 0 Å². The largest absolute Gasteiger partial charge is 0.352 e. The maximum Gasteiger partial charge on any atom is 0.213 e. The van der Waals surface area contributed by atoms with Gasteiger partial charge >= 0.3 is 0 Å². The molecule has 8 nitrogen and oxygen atoms in total. The minimum absolute atomic E-state index is 0.145. The fourth-order valence-corrected chi connectivity index (χ4v) is 4.21. The van der Waals surface area contributed by atoms with Crippen LogP contribution in [0.25, 0.3) is 11.0 Å². The van der Waals surface area contributed by atoms with Crippen molar-refractivity contribution < 1.29 is 8.42 Å². The Morgan fingerprint density at radius 3 is 2.29 bits per heavy atom. The van der Waals surface area contributed by atoms with Gasteiger partial charge in [0, 0.05) is 32.7 Å². The second-order valence-electron chi connectivity index (χ2n) is 5.98. The zero-order valence-electron chi connectivity index (χ0n) is 14.7. The molecule has 0 aromatic carbocycles. The zero-order valence-corrected chi connectivity index (χ0v) is 15.5. The summed E-state index contributed by atoms with van der Waals surface area (Å²) in [5, 5.41) is 4.55. The molecule has 0 amide bonds. The number of nitrogens with zero attached hydrogens (tertiary/aromatic N) is 6. The van der Waals surface area contributed by atoms with Gasteiger partial charge in [-0.2, -0.15) is 9.40 Å². The first kappa shape index (κ1) is 17.1. The highest BCUT2D eigenvalue weighted by atomic mass is 32.2. The monoisotopic (exact) mass is 352 g/mol. The van der Waals surface area contributed by atoms with E-state index in [-0.39, 0.29) is 5.75 Å². The molecule has 0 bridgehead atoms. The van der Waals surface area contributed by atoms with Gasteiger partial charge in [-0.1, -0.05) is 0 Å². The molecule has 0 aliphatic carbocycles. The molecule has 3 heterocycles. The summed E-state index contributed by atoms with van der Waals surface area (Å²) in [6, 6.07) is 0. The molecule has 0 saturated carbocycles. The lowest BCUT2D eigenvalue weighted by Crippen LogP contribution is -2.49. The molecule has 3 rings (SSSR count). The number of aromatic nitrogens is 4. The smallest absolute Gasteiger partial charge is 0.213 e. The maximum absolute atomic E-state index is 12.0. The molecule has 0 spiro atoms. The van der Waals surface area contributed by atoms with Crippen molar-refractivity contribution in [1.29, 1.82) is 0 Å². The summed E-state index contributed by atoms with van der Waals surface area (Å²) < 4.78 is 27.6. The highest BCUT2D eigenvalue weighted by Gasteiger charge is 2.28. The molecule has 0 radical (unpaired) electrons. The third kappa shape index (κ3) is 2.86. The molecule has 0 atom stereocenters. The molecular weight excluding hydrogens is 328 g/mol. The van der Waals surface area contributed by atoms with E-state index >= 15 is 0 Å². The maximum atomic E-state index is 12.0. The first-order valence-electron chi connectivity index (χ1n) is 8.32. The van der Waals surface area contributed by atoms with Crippen LogP contribution in [0.1, 0.15) is 25.4 Å². The van der Waals surface area contributed by atoms with Gasteiger partial charge < -0.3 is 4.90 Å². The Labute approximate surface area is 142 Å². The van der Waals surface area contributed by atoms with E-state index in [9.17, 15) is 8.42 Å². The molecule has 9 heteroatoms. The van der Waals surface area contributed by atoms with Crippen LogP contribution in [0.3, 0.4) is 0 Å². The minimum atomic E-state index is -3.13. The van der Waals surface area contributed by atoms with E-state index in [2.05, 4.69) is 20.0 Å². The Morgan fingerprint density at radius 2 is 1.71 bits per heavy atom. The number of fused-ring (bicyclic) bond motifs is 1. The average Bonchev–Trinajstić information content (AvgIpc) is 2.90. The Morgan fingerprint density at radius 1 is 1.04 bits per heavy atom. The summed E-state index contributed by atoms with van der Waals surface area (Å²) in [5.41, 5.74) is 2.71. The molecule has 2 aromatic heterocycles. The van der Waals surface area contributed by atoms with E-state index in [1.165, 1.54) is 0 Å². The van der Waals surface area contributed by atoms with Gasteiger partial charge in [0.2, 0.25) is 10.0 Å². The second kappa shape index (κ2) is 6.29. The molecule has 0 N–H and O–H groups in total. The molecule has 132 valence electrons.